The Morgan fingerprint density at radius 1 is 1.24 bits per heavy atom. The Morgan fingerprint density at radius 3 is 2.60 bits per heavy atom. The molecule has 0 atom stereocenters. The molecule has 1 aliphatic heterocycles. The smallest absolute Gasteiger partial charge is 0.292 e. The van der Waals surface area contributed by atoms with Crippen LogP contribution in [0.15, 0.2) is 41.3 Å². The van der Waals surface area contributed by atoms with Crippen LogP contribution < -0.4 is 10.9 Å². The summed E-state index contributed by atoms with van der Waals surface area (Å²) in [4.78, 5) is 14.9. The summed E-state index contributed by atoms with van der Waals surface area (Å²) in [6, 6.07) is 9.24. The lowest BCUT2D eigenvalue weighted by molar-refractivity contribution is -0.00568. The van der Waals surface area contributed by atoms with E-state index in [0.29, 0.717) is 17.9 Å². The van der Waals surface area contributed by atoms with E-state index in [2.05, 4.69) is 29.2 Å². The molecule has 3 rings (SSSR count). The second-order valence-electron chi connectivity index (χ2n) is 6.69. The maximum absolute atomic E-state index is 12.5. The molecular weight excluding hydrogens is 340 g/mol. The van der Waals surface area contributed by atoms with E-state index < -0.39 is 0 Å². The number of anilines is 1. The van der Waals surface area contributed by atoms with Gasteiger partial charge in [0.05, 0.1) is 30.8 Å². The highest BCUT2D eigenvalue weighted by Gasteiger charge is 2.28. The van der Waals surface area contributed by atoms with E-state index in [9.17, 15) is 4.79 Å². The van der Waals surface area contributed by atoms with Gasteiger partial charge in [-0.3, -0.25) is 9.69 Å². The van der Waals surface area contributed by atoms with Gasteiger partial charge in [-0.05, 0) is 26.0 Å². The molecule has 1 saturated heterocycles. The highest BCUT2D eigenvalue weighted by Crippen LogP contribution is 2.21. The Bertz CT molecular complexity index is 770. The fourth-order valence-electron chi connectivity index (χ4n) is 2.90. The molecule has 1 aromatic heterocycles. The van der Waals surface area contributed by atoms with Crippen LogP contribution in [0.4, 0.5) is 5.69 Å². The first-order chi connectivity index (χ1) is 12.0. The first-order valence-corrected chi connectivity index (χ1v) is 8.77. The molecule has 25 heavy (non-hydrogen) atoms. The second-order valence-corrected chi connectivity index (χ2v) is 7.07. The van der Waals surface area contributed by atoms with E-state index in [4.69, 9.17) is 16.3 Å². The number of halogens is 1. The van der Waals surface area contributed by atoms with Gasteiger partial charge in [0, 0.05) is 25.2 Å². The number of nitrogens with one attached hydrogen (secondary N) is 1. The number of para-hydroxylation sites is 1. The fraction of sp³-hybridized carbons (Fsp3) is 0.444. The van der Waals surface area contributed by atoms with Gasteiger partial charge >= 0.3 is 0 Å². The molecule has 1 aliphatic rings. The Labute approximate surface area is 152 Å². The van der Waals surface area contributed by atoms with Gasteiger partial charge in [-0.1, -0.05) is 29.8 Å². The normalized spacial score (nSPS) is 16.0. The Morgan fingerprint density at radius 2 is 1.92 bits per heavy atom. The molecule has 2 aromatic rings. The predicted molar refractivity (Wildman–Crippen MR) is 99.8 cm³/mol. The van der Waals surface area contributed by atoms with Crippen molar-refractivity contribution < 1.29 is 4.74 Å². The zero-order chi connectivity index (χ0) is 17.9. The standard InChI is InChI=1S/C18H23ClN4O2/c1-18(2,22-8-10-25-11-9-22)13-20-15-12-21-23(17(24)16(15)19)14-6-4-3-5-7-14/h3-7,12,20H,8-11,13H2,1-2H3. The molecule has 6 nitrogen and oxygen atoms in total. The third kappa shape index (κ3) is 4.03. The third-order valence-corrected chi connectivity index (χ3v) is 4.86. The molecule has 0 spiro atoms. The summed E-state index contributed by atoms with van der Waals surface area (Å²) >= 11 is 6.29. The minimum Gasteiger partial charge on any atom is -0.381 e. The van der Waals surface area contributed by atoms with E-state index in [-0.39, 0.29) is 16.1 Å². The third-order valence-electron chi connectivity index (χ3n) is 4.50. The summed E-state index contributed by atoms with van der Waals surface area (Å²) in [6.07, 6.45) is 1.60. The molecule has 7 heteroatoms. The minimum atomic E-state index is -0.331. The highest BCUT2D eigenvalue weighted by atomic mass is 35.5. The van der Waals surface area contributed by atoms with Crippen LogP contribution in [0.5, 0.6) is 0 Å². The summed E-state index contributed by atoms with van der Waals surface area (Å²) in [6.45, 7) is 8.28. The zero-order valence-electron chi connectivity index (χ0n) is 14.5. The average molecular weight is 363 g/mol. The van der Waals surface area contributed by atoms with Gasteiger partial charge in [-0.15, -0.1) is 0 Å². The van der Waals surface area contributed by atoms with Gasteiger partial charge in [0.25, 0.3) is 5.56 Å². The molecule has 1 N–H and O–H groups in total. The van der Waals surface area contributed by atoms with Crippen LogP contribution in [0.2, 0.25) is 5.02 Å². The Hall–Kier alpha value is -1.89. The lowest BCUT2D eigenvalue weighted by Crippen LogP contribution is -2.53. The van der Waals surface area contributed by atoms with Gasteiger partial charge in [0.15, 0.2) is 0 Å². The molecule has 0 aliphatic carbocycles. The number of rotatable bonds is 5. The van der Waals surface area contributed by atoms with Crippen molar-refractivity contribution in [1.82, 2.24) is 14.7 Å². The van der Waals surface area contributed by atoms with Crippen LogP contribution in [-0.4, -0.2) is 53.1 Å². The number of ether oxygens (including phenoxy) is 1. The van der Waals surface area contributed by atoms with Crippen molar-refractivity contribution in [3.63, 3.8) is 0 Å². The van der Waals surface area contributed by atoms with E-state index in [1.54, 1.807) is 6.20 Å². The molecule has 1 fully saturated rings. The molecule has 0 saturated carbocycles. The molecule has 0 unspecified atom stereocenters. The van der Waals surface area contributed by atoms with Crippen LogP contribution in [0, 0.1) is 0 Å². The highest BCUT2D eigenvalue weighted by molar-refractivity contribution is 6.32. The summed E-state index contributed by atoms with van der Waals surface area (Å²) < 4.78 is 6.72. The number of morpholine rings is 1. The van der Waals surface area contributed by atoms with Gasteiger partial charge < -0.3 is 10.1 Å². The minimum absolute atomic E-state index is 0.0819. The van der Waals surface area contributed by atoms with E-state index in [1.165, 1.54) is 4.68 Å². The molecule has 0 radical (unpaired) electrons. The topological polar surface area (TPSA) is 59.4 Å². The van der Waals surface area contributed by atoms with Gasteiger partial charge in [-0.2, -0.15) is 9.78 Å². The second kappa shape index (κ2) is 7.56. The van der Waals surface area contributed by atoms with Crippen LogP contribution in [-0.2, 0) is 4.74 Å². The van der Waals surface area contributed by atoms with Gasteiger partial charge in [0.2, 0.25) is 0 Å². The number of hydrogen-bond donors (Lipinski definition) is 1. The fourth-order valence-corrected chi connectivity index (χ4v) is 3.10. The lowest BCUT2D eigenvalue weighted by Gasteiger charge is -2.41. The molecule has 2 heterocycles. The largest absolute Gasteiger partial charge is 0.381 e. The van der Waals surface area contributed by atoms with Crippen molar-refractivity contribution in [2.75, 3.05) is 38.2 Å². The summed E-state index contributed by atoms with van der Waals surface area (Å²) in [5, 5.41) is 7.68. The lowest BCUT2D eigenvalue weighted by atomic mass is 10.0. The monoisotopic (exact) mass is 362 g/mol. The molecule has 0 amide bonds. The van der Waals surface area contributed by atoms with Crippen molar-refractivity contribution in [2.24, 2.45) is 0 Å². The maximum atomic E-state index is 12.5. The molecule has 0 bridgehead atoms. The summed E-state index contributed by atoms with van der Waals surface area (Å²) in [5.41, 5.74) is 0.832. The van der Waals surface area contributed by atoms with Crippen molar-refractivity contribution >= 4 is 17.3 Å². The van der Waals surface area contributed by atoms with Crippen molar-refractivity contribution in [2.45, 2.75) is 19.4 Å². The molecular formula is C18H23ClN4O2. The van der Waals surface area contributed by atoms with Crippen LogP contribution in [0.3, 0.4) is 0 Å². The van der Waals surface area contributed by atoms with Gasteiger partial charge in [-0.25, -0.2) is 0 Å². The molecule has 1 aromatic carbocycles. The van der Waals surface area contributed by atoms with Crippen molar-refractivity contribution in [3.05, 3.63) is 51.9 Å². The quantitative estimate of drug-likeness (QED) is 0.885. The SMILES string of the molecule is CC(C)(CNc1cnn(-c2ccccc2)c(=O)c1Cl)N1CCOCC1. The van der Waals surface area contributed by atoms with E-state index in [0.717, 1.165) is 26.3 Å². The first-order valence-electron chi connectivity index (χ1n) is 8.39. The average Bonchev–Trinajstić information content (AvgIpc) is 2.64. The van der Waals surface area contributed by atoms with E-state index >= 15 is 0 Å². The number of benzene rings is 1. The van der Waals surface area contributed by atoms with Crippen LogP contribution in [0.25, 0.3) is 5.69 Å². The number of hydrogen-bond acceptors (Lipinski definition) is 5. The summed E-state index contributed by atoms with van der Waals surface area (Å²) in [5.74, 6) is 0. The Kier molecular flexibility index (Phi) is 5.42. The predicted octanol–water partition coefficient (Wildman–Crippen LogP) is 2.41. The van der Waals surface area contributed by atoms with Crippen LogP contribution >= 0.6 is 11.6 Å². The summed E-state index contributed by atoms with van der Waals surface area (Å²) in [7, 11) is 0. The first kappa shape index (κ1) is 17.9. The van der Waals surface area contributed by atoms with Crippen molar-refractivity contribution in [1.29, 1.82) is 0 Å². The number of nitrogens with zero attached hydrogens (tertiary/aromatic N) is 3. The maximum Gasteiger partial charge on any atom is 0.292 e. The van der Waals surface area contributed by atoms with E-state index in [1.807, 2.05) is 30.3 Å². The number of aromatic nitrogens is 2. The zero-order valence-corrected chi connectivity index (χ0v) is 15.3. The van der Waals surface area contributed by atoms with Crippen molar-refractivity contribution in [3.8, 4) is 5.69 Å². The Balaban J connectivity index is 1.75. The molecule has 134 valence electrons. The van der Waals surface area contributed by atoms with Gasteiger partial charge in [0.1, 0.15) is 5.02 Å². The van der Waals surface area contributed by atoms with Crippen LogP contribution in [0.1, 0.15) is 13.8 Å².